The lowest BCUT2D eigenvalue weighted by Crippen LogP contribution is -2.41. The summed E-state index contributed by atoms with van der Waals surface area (Å²) in [5, 5.41) is 3.92. The average molecular weight is 269 g/mol. The zero-order valence-electron chi connectivity index (χ0n) is 11.1. The van der Waals surface area contributed by atoms with E-state index < -0.39 is 0 Å². The Bertz CT molecular complexity index is 383. The SMILES string of the molecule is CC(C)N1CCCC(CNc2ncncc2Cl)C1. The van der Waals surface area contributed by atoms with Gasteiger partial charge < -0.3 is 10.2 Å². The molecule has 0 spiro atoms. The molecule has 1 unspecified atom stereocenters. The van der Waals surface area contributed by atoms with Crippen LogP contribution in [0, 0.1) is 5.92 Å². The van der Waals surface area contributed by atoms with Crippen molar-refractivity contribution in [2.24, 2.45) is 5.92 Å². The summed E-state index contributed by atoms with van der Waals surface area (Å²) in [6, 6.07) is 0.635. The first kappa shape index (κ1) is 13.6. The van der Waals surface area contributed by atoms with Gasteiger partial charge in [0.2, 0.25) is 0 Å². The Morgan fingerprint density at radius 3 is 3.11 bits per heavy atom. The molecule has 0 aromatic carbocycles. The number of hydrogen-bond donors (Lipinski definition) is 1. The van der Waals surface area contributed by atoms with Crippen molar-refractivity contribution >= 4 is 17.4 Å². The van der Waals surface area contributed by atoms with Crippen molar-refractivity contribution in [3.05, 3.63) is 17.5 Å². The van der Waals surface area contributed by atoms with Gasteiger partial charge in [-0.1, -0.05) is 11.6 Å². The minimum Gasteiger partial charge on any atom is -0.368 e. The third-order valence-electron chi connectivity index (χ3n) is 3.51. The van der Waals surface area contributed by atoms with Crippen LogP contribution in [-0.2, 0) is 0 Å². The second kappa shape index (κ2) is 6.34. The summed E-state index contributed by atoms with van der Waals surface area (Å²) in [5.41, 5.74) is 0. The number of halogens is 1. The van der Waals surface area contributed by atoms with Gasteiger partial charge in [-0.3, -0.25) is 0 Å². The van der Waals surface area contributed by atoms with Gasteiger partial charge in [-0.25, -0.2) is 9.97 Å². The maximum Gasteiger partial charge on any atom is 0.148 e. The normalized spacial score (nSPS) is 21.2. The lowest BCUT2D eigenvalue weighted by molar-refractivity contribution is 0.145. The first-order valence-corrected chi connectivity index (χ1v) is 6.98. The molecule has 1 fully saturated rings. The highest BCUT2D eigenvalue weighted by Crippen LogP contribution is 2.21. The Balaban J connectivity index is 1.85. The molecular formula is C13H21ClN4. The predicted octanol–water partition coefficient (Wildman–Crippen LogP) is 2.66. The first-order chi connectivity index (χ1) is 8.66. The second-order valence-corrected chi connectivity index (χ2v) is 5.60. The fourth-order valence-electron chi connectivity index (χ4n) is 2.42. The highest BCUT2D eigenvalue weighted by atomic mass is 35.5. The van der Waals surface area contributed by atoms with E-state index in [0.29, 0.717) is 17.0 Å². The van der Waals surface area contributed by atoms with Crippen LogP contribution >= 0.6 is 11.6 Å². The summed E-state index contributed by atoms with van der Waals surface area (Å²) in [6.07, 6.45) is 5.70. The van der Waals surface area contributed by atoms with Crippen LogP contribution in [0.4, 0.5) is 5.82 Å². The number of aromatic nitrogens is 2. The van der Waals surface area contributed by atoms with Crippen molar-refractivity contribution in [1.29, 1.82) is 0 Å². The highest BCUT2D eigenvalue weighted by molar-refractivity contribution is 6.32. The summed E-state index contributed by atoms with van der Waals surface area (Å²) in [4.78, 5) is 10.6. The second-order valence-electron chi connectivity index (χ2n) is 5.20. The van der Waals surface area contributed by atoms with Gasteiger partial charge in [0.1, 0.15) is 17.2 Å². The van der Waals surface area contributed by atoms with Crippen LogP contribution in [0.1, 0.15) is 26.7 Å². The zero-order chi connectivity index (χ0) is 13.0. The van der Waals surface area contributed by atoms with Gasteiger partial charge in [0.25, 0.3) is 0 Å². The zero-order valence-corrected chi connectivity index (χ0v) is 11.8. The fraction of sp³-hybridized carbons (Fsp3) is 0.692. The summed E-state index contributed by atoms with van der Waals surface area (Å²) >= 11 is 6.02. The molecule has 5 heteroatoms. The van der Waals surface area contributed by atoms with Crippen LogP contribution in [0.5, 0.6) is 0 Å². The fourth-order valence-corrected chi connectivity index (χ4v) is 2.59. The topological polar surface area (TPSA) is 41.0 Å². The van der Waals surface area contributed by atoms with Crippen molar-refractivity contribution in [3.63, 3.8) is 0 Å². The van der Waals surface area contributed by atoms with E-state index >= 15 is 0 Å². The van der Waals surface area contributed by atoms with E-state index in [-0.39, 0.29) is 0 Å². The Kier molecular flexibility index (Phi) is 4.78. The number of rotatable bonds is 4. The van der Waals surface area contributed by atoms with Crippen molar-refractivity contribution in [2.75, 3.05) is 25.0 Å². The minimum absolute atomic E-state index is 0.592. The third kappa shape index (κ3) is 3.56. The van der Waals surface area contributed by atoms with Gasteiger partial charge in [0.15, 0.2) is 0 Å². The summed E-state index contributed by atoms with van der Waals surface area (Å²) in [6.45, 7) is 7.84. The number of nitrogens with one attached hydrogen (secondary N) is 1. The highest BCUT2D eigenvalue weighted by Gasteiger charge is 2.21. The number of anilines is 1. The Morgan fingerprint density at radius 1 is 1.56 bits per heavy atom. The van der Waals surface area contributed by atoms with Gasteiger partial charge in [-0.2, -0.15) is 0 Å². The van der Waals surface area contributed by atoms with E-state index in [1.807, 2.05) is 0 Å². The van der Waals surface area contributed by atoms with E-state index in [4.69, 9.17) is 11.6 Å². The molecule has 2 rings (SSSR count). The van der Waals surface area contributed by atoms with E-state index in [0.717, 1.165) is 18.9 Å². The van der Waals surface area contributed by atoms with Crippen molar-refractivity contribution in [3.8, 4) is 0 Å². The van der Waals surface area contributed by atoms with Crippen molar-refractivity contribution in [1.82, 2.24) is 14.9 Å². The smallest absolute Gasteiger partial charge is 0.148 e. The molecule has 0 bridgehead atoms. The van der Waals surface area contributed by atoms with Crippen LogP contribution in [0.3, 0.4) is 0 Å². The van der Waals surface area contributed by atoms with E-state index in [2.05, 4.69) is 34.0 Å². The summed E-state index contributed by atoms with van der Waals surface area (Å²) < 4.78 is 0. The van der Waals surface area contributed by atoms with E-state index in [1.165, 1.54) is 25.7 Å². The maximum atomic E-state index is 6.02. The van der Waals surface area contributed by atoms with Crippen LogP contribution in [-0.4, -0.2) is 40.5 Å². The van der Waals surface area contributed by atoms with Crippen LogP contribution in [0.15, 0.2) is 12.5 Å². The van der Waals surface area contributed by atoms with Crippen LogP contribution < -0.4 is 5.32 Å². The predicted molar refractivity (Wildman–Crippen MR) is 75.0 cm³/mol. The molecule has 18 heavy (non-hydrogen) atoms. The molecule has 1 aromatic rings. The molecule has 4 nitrogen and oxygen atoms in total. The molecule has 1 atom stereocenters. The van der Waals surface area contributed by atoms with Gasteiger partial charge in [-0.15, -0.1) is 0 Å². The van der Waals surface area contributed by atoms with E-state index in [1.54, 1.807) is 6.20 Å². The Hall–Kier alpha value is -0.870. The van der Waals surface area contributed by atoms with Crippen molar-refractivity contribution in [2.45, 2.75) is 32.7 Å². The average Bonchev–Trinajstić information content (AvgIpc) is 2.38. The van der Waals surface area contributed by atoms with Gasteiger partial charge in [-0.05, 0) is 39.2 Å². The summed E-state index contributed by atoms with van der Waals surface area (Å²) in [7, 11) is 0. The molecule has 100 valence electrons. The van der Waals surface area contributed by atoms with Gasteiger partial charge in [0, 0.05) is 19.1 Å². The molecule has 0 amide bonds. The molecule has 0 aliphatic carbocycles. The molecule has 0 saturated carbocycles. The Morgan fingerprint density at radius 2 is 2.39 bits per heavy atom. The molecule has 1 aromatic heterocycles. The van der Waals surface area contributed by atoms with Gasteiger partial charge in [0.05, 0.1) is 6.20 Å². The largest absolute Gasteiger partial charge is 0.368 e. The monoisotopic (exact) mass is 268 g/mol. The molecule has 1 N–H and O–H groups in total. The number of likely N-dealkylation sites (tertiary alicyclic amines) is 1. The minimum atomic E-state index is 0.592. The number of hydrogen-bond acceptors (Lipinski definition) is 4. The van der Waals surface area contributed by atoms with Crippen LogP contribution in [0.25, 0.3) is 0 Å². The summed E-state index contributed by atoms with van der Waals surface area (Å²) in [5.74, 6) is 1.42. The molecule has 1 aliphatic heterocycles. The maximum absolute atomic E-state index is 6.02. The molecule has 1 aliphatic rings. The van der Waals surface area contributed by atoms with Gasteiger partial charge >= 0.3 is 0 Å². The number of piperidine rings is 1. The lowest BCUT2D eigenvalue weighted by Gasteiger charge is -2.35. The molecular weight excluding hydrogens is 248 g/mol. The van der Waals surface area contributed by atoms with Crippen molar-refractivity contribution < 1.29 is 0 Å². The molecule has 0 radical (unpaired) electrons. The molecule has 2 heterocycles. The third-order valence-corrected chi connectivity index (χ3v) is 3.78. The first-order valence-electron chi connectivity index (χ1n) is 6.60. The van der Waals surface area contributed by atoms with E-state index in [9.17, 15) is 0 Å². The lowest BCUT2D eigenvalue weighted by atomic mass is 9.97. The Labute approximate surface area is 114 Å². The standard InChI is InChI=1S/C13H21ClN4/c1-10(2)18-5-3-4-11(8-18)6-16-13-12(14)7-15-9-17-13/h7,9-11H,3-6,8H2,1-2H3,(H,15,16,17). The number of nitrogens with zero attached hydrogens (tertiary/aromatic N) is 3. The van der Waals surface area contributed by atoms with Crippen LogP contribution in [0.2, 0.25) is 5.02 Å². The molecule has 1 saturated heterocycles. The quantitative estimate of drug-likeness (QED) is 0.912.